The molecule has 1 saturated heterocycles. The van der Waals surface area contributed by atoms with Crippen LogP contribution < -0.4 is 4.74 Å². The number of para-hydroxylation sites is 1. The maximum absolute atomic E-state index is 13.2. The lowest BCUT2D eigenvalue weighted by Crippen LogP contribution is -2.04. The van der Waals surface area contributed by atoms with E-state index in [0.717, 1.165) is 17.6 Å². The highest BCUT2D eigenvalue weighted by atomic mass is 19.1. The molecule has 0 bridgehead atoms. The Morgan fingerprint density at radius 2 is 2.10 bits per heavy atom. The molecule has 3 aromatic rings. The Balaban J connectivity index is 1.76. The van der Waals surface area contributed by atoms with Crippen LogP contribution in [-0.2, 0) is 4.74 Å². The van der Waals surface area contributed by atoms with Crippen molar-refractivity contribution in [1.29, 1.82) is 0 Å². The lowest BCUT2D eigenvalue weighted by Gasteiger charge is -2.08. The summed E-state index contributed by atoms with van der Waals surface area (Å²) in [4.78, 5) is 0. The zero-order chi connectivity index (χ0) is 14.2. The molecular weight excluding hydrogens is 273 g/mol. The van der Waals surface area contributed by atoms with Crippen molar-refractivity contribution in [3.8, 4) is 17.0 Å². The van der Waals surface area contributed by atoms with Gasteiger partial charge in [0.25, 0.3) is 0 Å². The molecule has 5 heteroatoms. The molecule has 0 spiro atoms. The Kier molecular flexibility index (Phi) is 2.86. The first-order valence-electron chi connectivity index (χ1n) is 6.70. The second-order valence-electron chi connectivity index (χ2n) is 4.93. The molecule has 4 rings (SSSR count). The summed E-state index contributed by atoms with van der Waals surface area (Å²) < 4.78 is 29.3. The highest BCUT2D eigenvalue weighted by molar-refractivity contribution is 5.93. The van der Waals surface area contributed by atoms with Crippen molar-refractivity contribution in [2.45, 2.75) is 6.10 Å². The van der Waals surface area contributed by atoms with E-state index in [4.69, 9.17) is 14.0 Å². The van der Waals surface area contributed by atoms with E-state index in [-0.39, 0.29) is 11.9 Å². The Morgan fingerprint density at radius 3 is 2.95 bits per heavy atom. The number of benzene rings is 2. The van der Waals surface area contributed by atoms with Gasteiger partial charge in [-0.3, -0.25) is 0 Å². The van der Waals surface area contributed by atoms with Crippen LogP contribution in [0.15, 0.2) is 47.0 Å². The Bertz CT molecular complexity index is 795. The predicted octanol–water partition coefficient (Wildman–Crippen LogP) is 3.41. The van der Waals surface area contributed by atoms with Gasteiger partial charge in [0.15, 0.2) is 5.58 Å². The third-order valence-electron chi connectivity index (χ3n) is 3.40. The molecule has 1 aliphatic rings. The fourth-order valence-electron chi connectivity index (χ4n) is 2.24. The number of fused-ring (bicyclic) bond motifs is 1. The van der Waals surface area contributed by atoms with Gasteiger partial charge in [-0.05, 0) is 24.3 Å². The summed E-state index contributed by atoms with van der Waals surface area (Å²) in [6.07, 6.45) is 0.182. The summed E-state index contributed by atoms with van der Waals surface area (Å²) in [5, 5.41) is 4.82. The molecule has 0 radical (unpaired) electrons. The van der Waals surface area contributed by atoms with Gasteiger partial charge in [-0.1, -0.05) is 17.3 Å². The van der Waals surface area contributed by atoms with Gasteiger partial charge in [-0.2, -0.15) is 0 Å². The molecule has 1 aromatic heterocycles. The first-order valence-corrected chi connectivity index (χ1v) is 6.70. The van der Waals surface area contributed by atoms with E-state index in [1.54, 1.807) is 6.07 Å². The fourth-order valence-corrected chi connectivity index (χ4v) is 2.24. The topological polar surface area (TPSA) is 47.8 Å². The van der Waals surface area contributed by atoms with Crippen LogP contribution in [0.3, 0.4) is 0 Å². The van der Waals surface area contributed by atoms with E-state index in [9.17, 15) is 4.39 Å². The smallest absolute Gasteiger partial charge is 0.170 e. The number of rotatable bonds is 4. The van der Waals surface area contributed by atoms with Crippen molar-refractivity contribution in [2.24, 2.45) is 0 Å². The van der Waals surface area contributed by atoms with Gasteiger partial charge in [0.2, 0.25) is 0 Å². The summed E-state index contributed by atoms with van der Waals surface area (Å²) in [6.45, 7) is 1.26. The van der Waals surface area contributed by atoms with Crippen LogP contribution in [0.5, 0.6) is 5.75 Å². The van der Waals surface area contributed by atoms with Gasteiger partial charge in [-0.15, -0.1) is 0 Å². The highest BCUT2D eigenvalue weighted by Gasteiger charge is 2.24. The van der Waals surface area contributed by atoms with Crippen molar-refractivity contribution in [1.82, 2.24) is 5.16 Å². The number of halogens is 1. The number of hydrogen-bond donors (Lipinski definition) is 0. The quantitative estimate of drug-likeness (QED) is 0.689. The number of epoxide rings is 1. The van der Waals surface area contributed by atoms with Gasteiger partial charge in [0.1, 0.15) is 30.0 Å². The third kappa shape index (κ3) is 2.36. The van der Waals surface area contributed by atoms with Gasteiger partial charge < -0.3 is 14.0 Å². The highest BCUT2D eigenvalue weighted by Crippen LogP contribution is 2.34. The Labute approximate surface area is 120 Å². The number of ether oxygens (including phenoxy) is 2. The van der Waals surface area contributed by atoms with Crippen LogP contribution in [0.4, 0.5) is 4.39 Å². The van der Waals surface area contributed by atoms with Crippen LogP contribution in [0, 0.1) is 5.82 Å². The van der Waals surface area contributed by atoms with Crippen molar-refractivity contribution >= 4 is 11.0 Å². The third-order valence-corrected chi connectivity index (χ3v) is 3.40. The van der Waals surface area contributed by atoms with E-state index >= 15 is 0 Å². The van der Waals surface area contributed by atoms with Gasteiger partial charge in [0, 0.05) is 11.6 Å². The maximum Gasteiger partial charge on any atom is 0.170 e. The Hall–Kier alpha value is -2.40. The summed E-state index contributed by atoms with van der Waals surface area (Å²) in [6, 6.07) is 12.0. The van der Waals surface area contributed by atoms with Crippen LogP contribution in [-0.4, -0.2) is 24.5 Å². The first kappa shape index (κ1) is 12.3. The first-order chi connectivity index (χ1) is 10.3. The van der Waals surface area contributed by atoms with Crippen molar-refractivity contribution in [3.63, 3.8) is 0 Å². The number of nitrogens with zero attached hydrogens (tertiary/aromatic N) is 1. The summed E-state index contributed by atoms with van der Waals surface area (Å²) >= 11 is 0. The molecule has 2 aromatic carbocycles. The molecule has 1 atom stereocenters. The Morgan fingerprint density at radius 1 is 1.24 bits per heavy atom. The van der Waals surface area contributed by atoms with Gasteiger partial charge in [0.05, 0.1) is 12.0 Å². The molecular formula is C16H12FNO3. The van der Waals surface area contributed by atoms with E-state index in [1.165, 1.54) is 12.1 Å². The zero-order valence-corrected chi connectivity index (χ0v) is 11.1. The monoisotopic (exact) mass is 285 g/mol. The summed E-state index contributed by atoms with van der Waals surface area (Å²) in [5.41, 5.74) is 1.89. The second-order valence-corrected chi connectivity index (χ2v) is 4.93. The zero-order valence-electron chi connectivity index (χ0n) is 11.1. The standard InChI is InChI=1S/C16H12FNO3/c17-10-5-6-13-15(7-10)21-18-16(13)12-3-1-2-4-14(12)20-9-11-8-19-11/h1-7,11H,8-9H2. The van der Waals surface area contributed by atoms with Gasteiger partial charge >= 0.3 is 0 Å². The molecule has 1 aliphatic heterocycles. The predicted molar refractivity (Wildman–Crippen MR) is 74.6 cm³/mol. The van der Waals surface area contributed by atoms with E-state index in [0.29, 0.717) is 23.6 Å². The SMILES string of the molecule is Fc1ccc2c(-c3ccccc3OCC3CO3)noc2c1. The molecule has 0 aliphatic carbocycles. The lowest BCUT2D eigenvalue weighted by molar-refractivity contribution is 0.263. The largest absolute Gasteiger partial charge is 0.490 e. The number of hydrogen-bond acceptors (Lipinski definition) is 4. The number of aromatic nitrogens is 1. The molecule has 1 unspecified atom stereocenters. The molecule has 4 nitrogen and oxygen atoms in total. The second kappa shape index (κ2) is 4.86. The van der Waals surface area contributed by atoms with E-state index < -0.39 is 0 Å². The lowest BCUT2D eigenvalue weighted by atomic mass is 10.1. The average molecular weight is 285 g/mol. The summed E-state index contributed by atoms with van der Waals surface area (Å²) in [5.74, 6) is 0.369. The van der Waals surface area contributed by atoms with Crippen molar-refractivity contribution in [3.05, 3.63) is 48.3 Å². The maximum atomic E-state index is 13.2. The molecule has 21 heavy (non-hydrogen) atoms. The molecule has 0 amide bonds. The molecule has 1 fully saturated rings. The minimum atomic E-state index is -0.347. The van der Waals surface area contributed by atoms with Crippen LogP contribution in [0.1, 0.15) is 0 Å². The molecule has 0 N–H and O–H groups in total. The normalized spacial score (nSPS) is 17.1. The van der Waals surface area contributed by atoms with Crippen LogP contribution >= 0.6 is 0 Å². The minimum absolute atomic E-state index is 0.182. The molecule has 0 saturated carbocycles. The molecule has 106 valence electrons. The fraction of sp³-hybridized carbons (Fsp3) is 0.188. The van der Waals surface area contributed by atoms with Crippen LogP contribution in [0.2, 0.25) is 0 Å². The summed E-state index contributed by atoms with van der Waals surface area (Å²) in [7, 11) is 0. The van der Waals surface area contributed by atoms with Crippen molar-refractivity contribution < 1.29 is 18.4 Å². The van der Waals surface area contributed by atoms with E-state index in [1.807, 2.05) is 24.3 Å². The minimum Gasteiger partial charge on any atom is -0.490 e. The average Bonchev–Trinajstić information content (AvgIpc) is 3.24. The van der Waals surface area contributed by atoms with Crippen molar-refractivity contribution in [2.75, 3.05) is 13.2 Å². The molecule has 2 heterocycles. The van der Waals surface area contributed by atoms with Crippen LogP contribution in [0.25, 0.3) is 22.2 Å². The van der Waals surface area contributed by atoms with E-state index in [2.05, 4.69) is 5.16 Å². The van der Waals surface area contributed by atoms with Gasteiger partial charge in [-0.25, -0.2) is 4.39 Å².